The van der Waals surface area contributed by atoms with E-state index in [1.165, 1.54) is 24.3 Å². The van der Waals surface area contributed by atoms with Gasteiger partial charge in [0.1, 0.15) is 17.3 Å². The maximum Gasteiger partial charge on any atom is 0.134 e. The maximum atomic E-state index is 13.2. The Kier molecular flexibility index (Phi) is 7.44. The van der Waals surface area contributed by atoms with Gasteiger partial charge in [-0.15, -0.1) is 0 Å². The fraction of sp³-hybridized carbons (Fsp3) is 0.0769. The normalized spacial score (nSPS) is 10.6. The largest absolute Gasteiger partial charge is 0.457 e. The number of nitriles is 2. The highest BCUT2D eigenvalue weighted by molar-refractivity contribution is 9.10. The van der Waals surface area contributed by atoms with Crippen molar-refractivity contribution in [2.75, 3.05) is 0 Å². The van der Waals surface area contributed by atoms with Crippen LogP contribution in [0, 0.1) is 28.5 Å². The second-order valence-corrected chi connectivity index (χ2v) is 7.40. The SMILES string of the molecule is CC.N#C/C(=C\c1cc(C#N)ccc1Oc1ccc(F)cc1)c1c[nH]c2ccc(Br)cc12. The topological polar surface area (TPSA) is 72.6 Å². The van der Waals surface area contributed by atoms with Gasteiger partial charge >= 0.3 is 0 Å². The second-order valence-electron chi connectivity index (χ2n) is 6.48. The van der Waals surface area contributed by atoms with Crippen LogP contribution in [0.4, 0.5) is 4.39 Å². The predicted molar refractivity (Wildman–Crippen MR) is 128 cm³/mol. The minimum atomic E-state index is -0.362. The minimum absolute atomic E-state index is 0.362. The first-order valence-corrected chi connectivity index (χ1v) is 10.7. The number of aromatic nitrogens is 1. The van der Waals surface area contributed by atoms with E-state index >= 15 is 0 Å². The summed E-state index contributed by atoms with van der Waals surface area (Å²) in [7, 11) is 0. The first-order chi connectivity index (χ1) is 15.6. The molecule has 3 aromatic carbocycles. The van der Waals surface area contributed by atoms with Gasteiger partial charge in [0.15, 0.2) is 0 Å². The maximum absolute atomic E-state index is 13.2. The minimum Gasteiger partial charge on any atom is -0.457 e. The van der Waals surface area contributed by atoms with Gasteiger partial charge in [0.2, 0.25) is 0 Å². The van der Waals surface area contributed by atoms with Crippen LogP contribution in [0.15, 0.2) is 71.3 Å². The average molecular weight is 488 g/mol. The van der Waals surface area contributed by atoms with E-state index in [2.05, 4.69) is 33.1 Å². The molecule has 158 valence electrons. The van der Waals surface area contributed by atoms with Crippen LogP contribution in [0.2, 0.25) is 0 Å². The van der Waals surface area contributed by atoms with Crippen molar-refractivity contribution in [2.45, 2.75) is 13.8 Å². The van der Waals surface area contributed by atoms with Crippen LogP contribution >= 0.6 is 15.9 Å². The highest BCUT2D eigenvalue weighted by atomic mass is 79.9. The van der Waals surface area contributed by atoms with Gasteiger partial charge in [-0.3, -0.25) is 0 Å². The fourth-order valence-corrected chi connectivity index (χ4v) is 3.46. The molecule has 0 bridgehead atoms. The molecule has 1 aromatic heterocycles. The van der Waals surface area contributed by atoms with Crippen molar-refractivity contribution in [3.63, 3.8) is 0 Å². The van der Waals surface area contributed by atoms with E-state index in [1.54, 1.807) is 30.5 Å². The number of rotatable bonds is 4. The van der Waals surface area contributed by atoms with E-state index in [0.29, 0.717) is 28.2 Å². The van der Waals surface area contributed by atoms with Crippen molar-refractivity contribution in [1.82, 2.24) is 4.98 Å². The van der Waals surface area contributed by atoms with Gasteiger partial charge in [0.25, 0.3) is 0 Å². The summed E-state index contributed by atoms with van der Waals surface area (Å²) < 4.78 is 20.0. The number of allylic oxidation sites excluding steroid dienone is 1. The standard InChI is InChI=1S/C24H13BrFN3O.C2H6/c25-18-2-7-23-21(11-18)22(14-29-23)17(13-28)10-16-9-15(12-27)1-8-24(16)30-20-5-3-19(26)4-6-20;1-2/h1-11,14,29H;1-2H3/b17-10+;. The van der Waals surface area contributed by atoms with Crippen molar-refractivity contribution >= 4 is 38.5 Å². The number of fused-ring (bicyclic) bond motifs is 1. The molecule has 1 N–H and O–H groups in total. The molecule has 4 aromatic rings. The van der Waals surface area contributed by atoms with Crippen molar-refractivity contribution < 1.29 is 9.13 Å². The molecular weight excluding hydrogens is 469 g/mol. The van der Waals surface area contributed by atoms with Crippen molar-refractivity contribution in [1.29, 1.82) is 10.5 Å². The lowest BCUT2D eigenvalue weighted by Crippen LogP contribution is -1.90. The fourth-order valence-electron chi connectivity index (χ4n) is 3.09. The number of nitrogens with zero attached hydrogens (tertiary/aromatic N) is 2. The molecule has 0 spiro atoms. The number of aromatic amines is 1. The number of hydrogen-bond acceptors (Lipinski definition) is 3. The summed E-state index contributed by atoms with van der Waals surface area (Å²) in [5, 5.41) is 20.0. The Labute approximate surface area is 194 Å². The van der Waals surface area contributed by atoms with Crippen LogP contribution in [-0.4, -0.2) is 4.98 Å². The summed E-state index contributed by atoms with van der Waals surface area (Å²) in [6.45, 7) is 4.00. The van der Waals surface area contributed by atoms with Gasteiger partial charge < -0.3 is 9.72 Å². The molecule has 0 aliphatic rings. The lowest BCUT2D eigenvalue weighted by atomic mass is 10.0. The molecule has 0 fully saturated rings. The summed E-state index contributed by atoms with van der Waals surface area (Å²) in [4.78, 5) is 3.17. The Morgan fingerprint density at radius 3 is 2.47 bits per heavy atom. The molecule has 6 heteroatoms. The summed E-state index contributed by atoms with van der Waals surface area (Å²) in [5.74, 6) is 0.541. The molecule has 32 heavy (non-hydrogen) atoms. The van der Waals surface area contributed by atoms with Crippen LogP contribution in [0.25, 0.3) is 22.6 Å². The van der Waals surface area contributed by atoms with E-state index in [9.17, 15) is 14.9 Å². The molecule has 4 nitrogen and oxygen atoms in total. The molecule has 4 rings (SSSR count). The third-order valence-corrected chi connectivity index (χ3v) is 5.03. The molecule has 0 unspecified atom stereocenters. The highest BCUT2D eigenvalue weighted by Gasteiger charge is 2.12. The van der Waals surface area contributed by atoms with Gasteiger partial charge in [0.05, 0.1) is 23.3 Å². The lowest BCUT2D eigenvalue weighted by molar-refractivity contribution is 0.479. The lowest BCUT2D eigenvalue weighted by Gasteiger charge is -2.10. The Bertz CT molecular complexity index is 1360. The van der Waals surface area contributed by atoms with Crippen LogP contribution in [0.1, 0.15) is 30.5 Å². The van der Waals surface area contributed by atoms with Gasteiger partial charge in [-0.2, -0.15) is 10.5 Å². The summed E-state index contributed by atoms with van der Waals surface area (Å²) in [6, 6.07) is 20.7. The molecular formula is C26H19BrFN3O. The first kappa shape index (κ1) is 22.8. The van der Waals surface area contributed by atoms with Crippen molar-refractivity contribution in [3.8, 4) is 23.6 Å². The molecule has 0 saturated heterocycles. The Hall–Kier alpha value is -3.87. The van der Waals surface area contributed by atoms with Crippen LogP contribution in [0.3, 0.4) is 0 Å². The van der Waals surface area contributed by atoms with Crippen LogP contribution in [0.5, 0.6) is 11.5 Å². The first-order valence-electron chi connectivity index (χ1n) is 9.94. The average Bonchev–Trinajstić information content (AvgIpc) is 3.24. The zero-order valence-electron chi connectivity index (χ0n) is 17.5. The third-order valence-electron chi connectivity index (χ3n) is 4.53. The zero-order chi connectivity index (χ0) is 23.1. The Morgan fingerprint density at radius 1 is 1.03 bits per heavy atom. The van der Waals surface area contributed by atoms with E-state index in [0.717, 1.165) is 20.9 Å². The molecule has 0 amide bonds. The molecule has 1 heterocycles. The van der Waals surface area contributed by atoms with Gasteiger partial charge in [-0.25, -0.2) is 4.39 Å². The van der Waals surface area contributed by atoms with E-state index in [4.69, 9.17) is 4.74 Å². The number of H-pyrrole nitrogens is 1. The van der Waals surface area contributed by atoms with E-state index < -0.39 is 0 Å². The Balaban J connectivity index is 0.00000141. The summed E-state index contributed by atoms with van der Waals surface area (Å²) >= 11 is 3.46. The van der Waals surface area contributed by atoms with Gasteiger partial charge in [-0.1, -0.05) is 29.8 Å². The highest BCUT2D eigenvalue weighted by Crippen LogP contribution is 2.32. The number of benzene rings is 3. The predicted octanol–water partition coefficient (Wildman–Crippen LogP) is 7.82. The molecule has 0 saturated carbocycles. The molecule has 0 radical (unpaired) electrons. The van der Waals surface area contributed by atoms with E-state index in [1.807, 2.05) is 32.0 Å². The monoisotopic (exact) mass is 487 g/mol. The Morgan fingerprint density at radius 2 is 1.78 bits per heavy atom. The number of halogens is 2. The zero-order valence-corrected chi connectivity index (χ0v) is 19.1. The van der Waals surface area contributed by atoms with Gasteiger partial charge in [0, 0.05) is 32.7 Å². The second kappa shape index (κ2) is 10.4. The van der Waals surface area contributed by atoms with Crippen molar-refractivity contribution in [3.05, 3.63) is 93.8 Å². The molecule has 0 atom stereocenters. The number of nitrogens with one attached hydrogen (secondary N) is 1. The van der Waals surface area contributed by atoms with Crippen LogP contribution < -0.4 is 4.74 Å². The third kappa shape index (κ3) is 5.06. The summed E-state index contributed by atoms with van der Waals surface area (Å²) in [5.41, 5.74) is 3.07. The molecule has 0 aliphatic carbocycles. The van der Waals surface area contributed by atoms with Crippen molar-refractivity contribution in [2.24, 2.45) is 0 Å². The van der Waals surface area contributed by atoms with Gasteiger partial charge in [-0.05, 0) is 66.7 Å². The van der Waals surface area contributed by atoms with Crippen LogP contribution in [-0.2, 0) is 0 Å². The smallest absolute Gasteiger partial charge is 0.134 e. The number of ether oxygens (including phenoxy) is 1. The van der Waals surface area contributed by atoms with E-state index in [-0.39, 0.29) is 5.82 Å². The molecule has 0 aliphatic heterocycles. The quantitative estimate of drug-likeness (QED) is 0.298. The summed E-state index contributed by atoms with van der Waals surface area (Å²) in [6.07, 6.45) is 3.46. The number of hydrogen-bond donors (Lipinski definition) is 1.